The Bertz CT molecular complexity index is 450. The molecule has 1 aromatic rings. The third kappa shape index (κ3) is 4.04. The maximum atomic E-state index is 7.80. The van der Waals surface area contributed by atoms with Crippen molar-refractivity contribution in [2.24, 2.45) is 5.92 Å². The van der Waals surface area contributed by atoms with E-state index in [1.807, 2.05) is 19.1 Å². The Morgan fingerprint density at radius 2 is 1.83 bits per heavy atom. The summed E-state index contributed by atoms with van der Waals surface area (Å²) in [4.78, 5) is 2.25. The first kappa shape index (κ1) is 10.9. The SMILES string of the molecule is [2H]C([2H])([2H])c1cccc(C)c1N(CCCC(C)C)C(C)C. The van der Waals surface area contributed by atoms with Gasteiger partial charge >= 0.3 is 0 Å². The number of hydrogen-bond donors (Lipinski definition) is 0. The third-order valence-electron chi connectivity index (χ3n) is 3.33. The quantitative estimate of drug-likeness (QED) is 0.690. The molecule has 1 nitrogen and oxygen atoms in total. The molecule has 1 heteroatoms. The van der Waals surface area contributed by atoms with Crippen LogP contribution in [0.1, 0.15) is 55.8 Å². The molecule has 0 heterocycles. The molecule has 0 spiro atoms. The Morgan fingerprint density at radius 1 is 1.17 bits per heavy atom. The van der Waals surface area contributed by atoms with Gasteiger partial charge in [0.05, 0.1) is 0 Å². The van der Waals surface area contributed by atoms with Gasteiger partial charge < -0.3 is 4.90 Å². The molecule has 18 heavy (non-hydrogen) atoms. The Labute approximate surface area is 117 Å². The molecule has 1 aromatic carbocycles. The second-order valence-electron chi connectivity index (χ2n) is 5.79. The fourth-order valence-corrected chi connectivity index (χ4v) is 2.34. The maximum Gasteiger partial charge on any atom is 0.0427 e. The normalized spacial score (nSPS) is 14.5. The molecule has 1 rings (SSSR count). The summed E-state index contributed by atoms with van der Waals surface area (Å²) in [7, 11) is 0. The highest BCUT2D eigenvalue weighted by Gasteiger charge is 2.14. The van der Waals surface area contributed by atoms with E-state index in [1.165, 1.54) is 0 Å². The Kier molecular flexibility index (Phi) is 4.13. The van der Waals surface area contributed by atoms with Crippen LogP contribution >= 0.6 is 0 Å². The van der Waals surface area contributed by atoms with Gasteiger partial charge in [0, 0.05) is 22.4 Å². The molecule has 102 valence electrons. The molecule has 0 aliphatic heterocycles. The fourth-order valence-electron chi connectivity index (χ4n) is 2.34. The molecule has 0 N–H and O–H groups in total. The first-order valence-electron chi connectivity index (χ1n) is 8.51. The van der Waals surface area contributed by atoms with E-state index < -0.39 is 6.85 Å². The number of hydrogen-bond acceptors (Lipinski definition) is 1. The minimum absolute atomic E-state index is 0.291. The average Bonchev–Trinajstić information content (AvgIpc) is 2.33. The summed E-state index contributed by atoms with van der Waals surface area (Å²) in [6.07, 6.45) is 2.25. The topological polar surface area (TPSA) is 3.24 Å². The van der Waals surface area contributed by atoms with Crippen LogP contribution in [0.4, 0.5) is 5.69 Å². The monoisotopic (exact) mass is 250 g/mol. The number of nitrogens with zero attached hydrogens (tertiary/aromatic N) is 1. The van der Waals surface area contributed by atoms with Crippen molar-refractivity contribution in [1.82, 2.24) is 0 Å². The lowest BCUT2D eigenvalue weighted by Gasteiger charge is -2.32. The summed E-state index contributed by atoms with van der Waals surface area (Å²) in [5.41, 5.74) is 2.42. The van der Waals surface area contributed by atoms with Crippen LogP contribution in [0.3, 0.4) is 0 Å². The summed E-state index contributed by atoms with van der Waals surface area (Å²) in [6.45, 7) is 9.55. The van der Waals surface area contributed by atoms with Crippen LogP contribution < -0.4 is 4.90 Å². The van der Waals surface area contributed by atoms with Gasteiger partial charge in [0.2, 0.25) is 0 Å². The Hall–Kier alpha value is -0.980. The average molecular weight is 250 g/mol. The van der Waals surface area contributed by atoms with Gasteiger partial charge in [0.15, 0.2) is 0 Å². The number of aryl methyl sites for hydroxylation is 2. The number of rotatable bonds is 6. The summed E-state index contributed by atoms with van der Waals surface area (Å²) < 4.78 is 23.4. The van der Waals surface area contributed by atoms with Crippen LogP contribution in [0.15, 0.2) is 18.2 Å². The number of benzene rings is 1. The Morgan fingerprint density at radius 3 is 2.39 bits per heavy atom. The molecule has 0 unspecified atom stereocenters. The van der Waals surface area contributed by atoms with E-state index in [-0.39, 0.29) is 0 Å². The van der Waals surface area contributed by atoms with E-state index in [0.717, 1.165) is 30.6 Å². The van der Waals surface area contributed by atoms with E-state index in [4.69, 9.17) is 4.11 Å². The van der Waals surface area contributed by atoms with Crippen LogP contribution in [-0.2, 0) is 0 Å². The Balaban J connectivity index is 3.13. The summed E-state index contributed by atoms with van der Waals surface area (Å²) in [5.74, 6) is 0.679. The zero-order valence-corrected chi connectivity index (χ0v) is 12.5. The number of anilines is 1. The van der Waals surface area contributed by atoms with Crippen molar-refractivity contribution in [3.05, 3.63) is 29.3 Å². The maximum absolute atomic E-state index is 7.80. The molecular weight excluding hydrogens is 218 g/mol. The van der Waals surface area contributed by atoms with Crippen LogP contribution in [0.2, 0.25) is 0 Å². The minimum Gasteiger partial charge on any atom is -0.369 e. The second-order valence-corrected chi connectivity index (χ2v) is 5.79. The first-order chi connectivity index (χ1) is 9.64. The first-order valence-corrected chi connectivity index (χ1v) is 7.01. The van der Waals surface area contributed by atoms with Crippen molar-refractivity contribution in [3.8, 4) is 0 Å². The van der Waals surface area contributed by atoms with Crippen molar-refractivity contribution in [1.29, 1.82) is 0 Å². The molecule has 0 saturated heterocycles. The van der Waals surface area contributed by atoms with Crippen LogP contribution in [0.5, 0.6) is 0 Å². The summed E-state index contributed by atoms with van der Waals surface area (Å²) >= 11 is 0. The van der Waals surface area contributed by atoms with E-state index in [1.54, 1.807) is 6.07 Å². The molecule has 0 aromatic heterocycles. The zero-order valence-electron chi connectivity index (χ0n) is 15.5. The standard InChI is InChI=1S/C17H29N/c1-13(2)9-8-12-18(14(3)4)17-15(5)10-7-11-16(17)6/h7,10-11,13-14H,8-9,12H2,1-6H3/i5D3. The van der Waals surface area contributed by atoms with Gasteiger partial charge in [-0.1, -0.05) is 32.0 Å². The van der Waals surface area contributed by atoms with Gasteiger partial charge in [-0.25, -0.2) is 0 Å². The summed E-state index contributed by atoms with van der Waals surface area (Å²) in [6, 6.07) is 5.88. The highest BCUT2D eigenvalue weighted by molar-refractivity contribution is 5.59. The van der Waals surface area contributed by atoms with E-state index >= 15 is 0 Å². The highest BCUT2D eigenvalue weighted by Crippen LogP contribution is 2.26. The molecular formula is C17H29N. The van der Waals surface area contributed by atoms with Gasteiger partial charge in [-0.2, -0.15) is 0 Å². The van der Waals surface area contributed by atoms with E-state index in [9.17, 15) is 0 Å². The largest absolute Gasteiger partial charge is 0.369 e. The second kappa shape index (κ2) is 6.82. The highest BCUT2D eigenvalue weighted by atomic mass is 15.2. The van der Waals surface area contributed by atoms with Crippen molar-refractivity contribution in [2.45, 2.75) is 60.4 Å². The smallest absolute Gasteiger partial charge is 0.0427 e. The zero-order chi connectivity index (χ0) is 16.2. The molecule has 0 atom stereocenters. The summed E-state index contributed by atoms with van der Waals surface area (Å²) in [5, 5.41) is 0. The molecule has 0 fully saturated rings. The van der Waals surface area contributed by atoms with Crippen molar-refractivity contribution in [3.63, 3.8) is 0 Å². The van der Waals surface area contributed by atoms with Crippen molar-refractivity contribution in [2.75, 3.05) is 11.4 Å². The van der Waals surface area contributed by atoms with Crippen LogP contribution in [0.25, 0.3) is 0 Å². The molecule has 0 amide bonds. The third-order valence-corrected chi connectivity index (χ3v) is 3.33. The van der Waals surface area contributed by atoms with Crippen LogP contribution in [0, 0.1) is 19.7 Å². The lowest BCUT2D eigenvalue weighted by atomic mass is 10.0. The van der Waals surface area contributed by atoms with Gasteiger partial charge in [-0.15, -0.1) is 0 Å². The molecule has 0 aliphatic rings. The van der Waals surface area contributed by atoms with E-state index in [2.05, 4.69) is 32.6 Å². The molecule has 0 aliphatic carbocycles. The lowest BCUT2D eigenvalue weighted by molar-refractivity contribution is 0.536. The van der Waals surface area contributed by atoms with Gasteiger partial charge in [0.25, 0.3) is 0 Å². The molecule has 0 bridgehead atoms. The number of para-hydroxylation sites is 1. The minimum atomic E-state index is -2.06. The van der Waals surface area contributed by atoms with Gasteiger partial charge in [-0.3, -0.25) is 0 Å². The van der Waals surface area contributed by atoms with Crippen molar-refractivity contribution < 1.29 is 4.11 Å². The molecule has 0 radical (unpaired) electrons. The fraction of sp³-hybridized carbons (Fsp3) is 0.647. The van der Waals surface area contributed by atoms with E-state index in [0.29, 0.717) is 17.5 Å². The predicted molar refractivity (Wildman–Crippen MR) is 82.5 cm³/mol. The lowest BCUT2D eigenvalue weighted by Crippen LogP contribution is -2.33. The van der Waals surface area contributed by atoms with Crippen molar-refractivity contribution >= 4 is 5.69 Å². The van der Waals surface area contributed by atoms with Gasteiger partial charge in [0.1, 0.15) is 0 Å². The predicted octanol–water partition coefficient (Wildman–Crippen LogP) is 4.95. The van der Waals surface area contributed by atoms with Gasteiger partial charge in [-0.05, 0) is 57.5 Å². The molecule has 0 saturated carbocycles. The van der Waals surface area contributed by atoms with Crippen LogP contribution in [-0.4, -0.2) is 12.6 Å².